The smallest absolute Gasteiger partial charge is 0.155 e. The molecule has 0 aliphatic rings. The third kappa shape index (κ3) is 2.60. The first kappa shape index (κ1) is 15.0. The van der Waals surface area contributed by atoms with Crippen molar-refractivity contribution in [3.63, 3.8) is 0 Å². The summed E-state index contributed by atoms with van der Waals surface area (Å²) >= 11 is 12.2. The summed E-state index contributed by atoms with van der Waals surface area (Å²) in [6, 6.07) is 12.3. The summed E-state index contributed by atoms with van der Waals surface area (Å²) in [6.45, 7) is 0. The molecule has 2 aromatic carbocycles. The summed E-state index contributed by atoms with van der Waals surface area (Å²) in [5.41, 5.74) is 3.93. The molecule has 118 valence electrons. The van der Waals surface area contributed by atoms with Crippen molar-refractivity contribution in [2.45, 2.75) is 0 Å². The summed E-state index contributed by atoms with van der Waals surface area (Å²) in [7, 11) is 0. The first-order valence-electron chi connectivity index (χ1n) is 7.20. The number of rotatable bonds is 2. The molecule has 0 saturated heterocycles. The van der Waals surface area contributed by atoms with Gasteiger partial charge in [-0.2, -0.15) is 0 Å². The van der Waals surface area contributed by atoms with Crippen molar-refractivity contribution in [1.82, 2.24) is 14.4 Å². The zero-order chi connectivity index (χ0) is 16.7. The number of aromatic nitrogens is 3. The lowest BCUT2D eigenvalue weighted by atomic mass is 10.1. The maximum absolute atomic E-state index is 9.71. The second-order valence-electron chi connectivity index (χ2n) is 5.32. The summed E-state index contributed by atoms with van der Waals surface area (Å²) in [5, 5.41) is 10.8. The number of hydrogen-bond acceptors (Lipinski definition) is 3. The number of phenolic OH excluding ortho intramolecular Hbond substituents is 1. The van der Waals surface area contributed by atoms with E-state index in [1.54, 1.807) is 42.7 Å². The minimum Gasteiger partial charge on any atom is -0.508 e. The SMILES string of the molecule is Oc1cccc(-c2cnc3cnc(-c4ccc(Cl)cc4Cl)cn23)c1. The lowest BCUT2D eigenvalue weighted by Crippen LogP contribution is -1.93. The molecule has 4 rings (SSSR count). The molecule has 0 saturated carbocycles. The molecule has 2 heterocycles. The highest BCUT2D eigenvalue weighted by atomic mass is 35.5. The van der Waals surface area contributed by atoms with Gasteiger partial charge in [-0.05, 0) is 30.3 Å². The van der Waals surface area contributed by atoms with E-state index >= 15 is 0 Å². The Kier molecular flexibility index (Phi) is 3.63. The van der Waals surface area contributed by atoms with Crippen molar-refractivity contribution in [1.29, 1.82) is 0 Å². The molecule has 1 N–H and O–H groups in total. The molecule has 0 aliphatic heterocycles. The first-order chi connectivity index (χ1) is 11.6. The fourth-order valence-corrected chi connectivity index (χ4v) is 3.11. The number of nitrogens with zero attached hydrogens (tertiary/aromatic N) is 3. The predicted molar refractivity (Wildman–Crippen MR) is 95.5 cm³/mol. The fraction of sp³-hybridized carbons (Fsp3) is 0. The van der Waals surface area contributed by atoms with Crippen molar-refractivity contribution in [2.24, 2.45) is 0 Å². The normalized spacial score (nSPS) is 11.1. The fourth-order valence-electron chi connectivity index (χ4n) is 2.60. The maximum atomic E-state index is 9.71. The summed E-state index contributed by atoms with van der Waals surface area (Å²) in [6.07, 6.45) is 5.31. The van der Waals surface area contributed by atoms with Gasteiger partial charge >= 0.3 is 0 Å². The molecule has 0 amide bonds. The lowest BCUT2D eigenvalue weighted by Gasteiger charge is -2.07. The molecule has 6 heteroatoms. The van der Waals surface area contributed by atoms with Crippen molar-refractivity contribution >= 4 is 28.8 Å². The monoisotopic (exact) mass is 355 g/mol. The predicted octanol–water partition coefficient (Wildman–Crippen LogP) is 5.08. The van der Waals surface area contributed by atoms with Gasteiger partial charge in [0.25, 0.3) is 0 Å². The number of hydrogen-bond donors (Lipinski definition) is 1. The summed E-state index contributed by atoms with van der Waals surface area (Å²) in [4.78, 5) is 8.79. The lowest BCUT2D eigenvalue weighted by molar-refractivity contribution is 0.475. The second kappa shape index (κ2) is 5.82. The third-order valence-corrected chi connectivity index (χ3v) is 4.29. The van der Waals surface area contributed by atoms with E-state index in [4.69, 9.17) is 23.2 Å². The number of aromatic hydroxyl groups is 1. The van der Waals surface area contributed by atoms with E-state index in [0.717, 1.165) is 16.8 Å². The molecule has 0 fully saturated rings. The van der Waals surface area contributed by atoms with E-state index in [2.05, 4.69) is 9.97 Å². The minimum atomic E-state index is 0.206. The van der Waals surface area contributed by atoms with Crippen molar-refractivity contribution < 1.29 is 5.11 Å². The van der Waals surface area contributed by atoms with Gasteiger partial charge in [0.05, 0.1) is 28.8 Å². The quantitative estimate of drug-likeness (QED) is 0.545. The molecule has 4 nitrogen and oxygen atoms in total. The van der Waals surface area contributed by atoms with Crippen LogP contribution in [0.1, 0.15) is 0 Å². The molecule has 0 atom stereocenters. The molecule has 0 unspecified atom stereocenters. The van der Waals surface area contributed by atoms with Gasteiger partial charge in [0, 0.05) is 22.3 Å². The topological polar surface area (TPSA) is 50.4 Å². The number of halogens is 2. The molecule has 4 aromatic rings. The van der Waals surface area contributed by atoms with Gasteiger partial charge in [-0.15, -0.1) is 0 Å². The van der Waals surface area contributed by atoms with Gasteiger partial charge in [-0.1, -0.05) is 35.3 Å². The van der Waals surface area contributed by atoms with E-state index in [9.17, 15) is 5.11 Å². The van der Waals surface area contributed by atoms with Gasteiger partial charge in [0.1, 0.15) is 5.75 Å². The van der Waals surface area contributed by atoms with Gasteiger partial charge in [-0.3, -0.25) is 9.38 Å². The van der Waals surface area contributed by atoms with Crippen LogP contribution in [0.2, 0.25) is 10.0 Å². The Balaban J connectivity index is 1.90. The molecule has 24 heavy (non-hydrogen) atoms. The Morgan fingerprint density at radius 1 is 0.958 bits per heavy atom. The maximum Gasteiger partial charge on any atom is 0.155 e. The number of fused-ring (bicyclic) bond motifs is 1. The zero-order valence-electron chi connectivity index (χ0n) is 12.3. The number of imidazole rings is 1. The van der Waals surface area contributed by atoms with Crippen LogP contribution in [0.4, 0.5) is 0 Å². The molecule has 2 aromatic heterocycles. The van der Waals surface area contributed by atoms with E-state index in [0.29, 0.717) is 21.4 Å². The van der Waals surface area contributed by atoms with Crippen molar-refractivity contribution in [3.05, 3.63) is 71.1 Å². The van der Waals surface area contributed by atoms with Crippen LogP contribution in [0.5, 0.6) is 5.75 Å². The van der Waals surface area contributed by atoms with Gasteiger partial charge in [-0.25, -0.2) is 4.98 Å². The Labute approximate surface area is 148 Å². The Bertz CT molecular complexity index is 1060. The Morgan fingerprint density at radius 2 is 1.83 bits per heavy atom. The largest absolute Gasteiger partial charge is 0.508 e. The van der Waals surface area contributed by atoms with Gasteiger partial charge in [0.2, 0.25) is 0 Å². The van der Waals surface area contributed by atoms with E-state index in [1.807, 2.05) is 22.7 Å². The number of benzene rings is 2. The van der Waals surface area contributed by atoms with Crippen molar-refractivity contribution in [2.75, 3.05) is 0 Å². The average Bonchev–Trinajstić information content (AvgIpc) is 2.98. The van der Waals surface area contributed by atoms with Crippen LogP contribution in [0.25, 0.3) is 28.2 Å². The summed E-state index contributed by atoms with van der Waals surface area (Å²) < 4.78 is 1.92. The molecule has 0 bridgehead atoms. The van der Waals surface area contributed by atoms with Crippen LogP contribution in [-0.2, 0) is 0 Å². The van der Waals surface area contributed by atoms with Gasteiger partial charge in [0.15, 0.2) is 5.65 Å². The van der Waals surface area contributed by atoms with Crippen LogP contribution in [0, 0.1) is 0 Å². The standard InChI is InChI=1S/C18H11Cl2N3O/c19-12-4-5-14(15(20)7-12)16-10-23-17(8-22-18(23)9-21-16)11-2-1-3-13(24)6-11/h1-10,24H. The average molecular weight is 356 g/mol. The number of phenols is 1. The van der Waals surface area contributed by atoms with Crippen LogP contribution in [0.3, 0.4) is 0 Å². The van der Waals surface area contributed by atoms with E-state index in [1.165, 1.54) is 0 Å². The molecule has 0 spiro atoms. The molecule has 0 radical (unpaired) electrons. The second-order valence-corrected chi connectivity index (χ2v) is 6.16. The van der Waals surface area contributed by atoms with Crippen LogP contribution in [-0.4, -0.2) is 19.5 Å². The molecular formula is C18H11Cl2N3O. The van der Waals surface area contributed by atoms with Crippen LogP contribution < -0.4 is 0 Å². The van der Waals surface area contributed by atoms with Crippen LogP contribution >= 0.6 is 23.2 Å². The molecular weight excluding hydrogens is 345 g/mol. The van der Waals surface area contributed by atoms with Crippen LogP contribution in [0.15, 0.2) is 61.1 Å². The zero-order valence-corrected chi connectivity index (χ0v) is 13.8. The highest BCUT2D eigenvalue weighted by Gasteiger charge is 2.11. The van der Waals surface area contributed by atoms with E-state index in [-0.39, 0.29) is 5.75 Å². The highest BCUT2D eigenvalue weighted by molar-refractivity contribution is 6.36. The molecule has 0 aliphatic carbocycles. The third-order valence-electron chi connectivity index (χ3n) is 3.74. The van der Waals surface area contributed by atoms with E-state index < -0.39 is 0 Å². The first-order valence-corrected chi connectivity index (χ1v) is 7.95. The minimum absolute atomic E-state index is 0.206. The van der Waals surface area contributed by atoms with Gasteiger partial charge < -0.3 is 5.11 Å². The Hall–Kier alpha value is -2.56. The highest BCUT2D eigenvalue weighted by Crippen LogP contribution is 2.30. The Morgan fingerprint density at radius 3 is 2.62 bits per heavy atom. The van der Waals surface area contributed by atoms with Crippen molar-refractivity contribution in [3.8, 4) is 28.3 Å². The summed E-state index contributed by atoms with van der Waals surface area (Å²) in [5.74, 6) is 0.206.